The third-order valence-electron chi connectivity index (χ3n) is 2.08. The fraction of sp³-hybridized carbons (Fsp3) is 0.600. The average molecular weight is 422 g/mol. The van der Waals surface area contributed by atoms with Gasteiger partial charge in [-0.15, -0.1) is 0 Å². The summed E-state index contributed by atoms with van der Waals surface area (Å²) in [6, 6.07) is -1.56. The Kier molecular flexibility index (Phi) is 7.84. The van der Waals surface area contributed by atoms with Crippen LogP contribution in [0.1, 0.15) is 20.3 Å². The molecule has 0 fully saturated rings. The van der Waals surface area contributed by atoms with E-state index in [4.69, 9.17) is 15.5 Å². The van der Waals surface area contributed by atoms with Gasteiger partial charge in [-0.3, -0.25) is 0 Å². The number of carbonyl (C=O) groups is 4. The van der Waals surface area contributed by atoms with E-state index in [1.54, 1.807) is 0 Å². The van der Waals surface area contributed by atoms with Gasteiger partial charge in [0.15, 0.2) is 0 Å². The van der Waals surface area contributed by atoms with Gasteiger partial charge in [0.25, 0.3) is 0 Å². The Labute approximate surface area is 131 Å². The number of carboxylic acid groups (broad SMARTS) is 1. The molecule has 8 nitrogen and oxygen atoms in total. The summed E-state index contributed by atoms with van der Waals surface area (Å²) in [5, 5.41) is 19.4. The Balaban J connectivity index is 4.52. The zero-order valence-electron chi connectivity index (χ0n) is 11.7. The normalized spacial score (nSPS) is 15.7. The van der Waals surface area contributed by atoms with Crippen molar-refractivity contribution in [2.45, 2.75) is 38.5 Å². The van der Waals surface area contributed by atoms with E-state index >= 15 is 0 Å². The molecular weight excluding hydrogens is 405 g/mol. The summed E-state index contributed by atoms with van der Waals surface area (Å²) in [7, 11) is 0.763. The third-order valence-corrected chi connectivity index (χ3v) is 3.87. The third kappa shape index (κ3) is 7.05. The molecule has 0 saturated carbocycles. The molecule has 0 unspecified atom stereocenters. The van der Waals surface area contributed by atoms with Crippen LogP contribution in [0.2, 0.25) is 0 Å². The first kappa shape index (κ1) is 17.2. The number of carbonyl (C=O) groups excluding carboxylic acids is 3. The van der Waals surface area contributed by atoms with E-state index < -0.39 is 68.6 Å². The fourth-order valence-corrected chi connectivity index (χ4v) is 2.26. The minimum absolute atomic E-state index is 0.481. The van der Waals surface area contributed by atoms with Gasteiger partial charge < -0.3 is 0 Å². The zero-order chi connectivity index (χ0) is 16.6. The number of ether oxygens (including phenoxy) is 1. The van der Waals surface area contributed by atoms with Gasteiger partial charge in [-0.05, 0) is 0 Å². The van der Waals surface area contributed by atoms with Gasteiger partial charge in [0.2, 0.25) is 0 Å². The van der Waals surface area contributed by atoms with Crippen molar-refractivity contribution in [2.24, 2.45) is 0 Å². The molecular formula is C10H15INO7S-. The number of aliphatic carboxylic acids is 1. The van der Waals surface area contributed by atoms with Crippen molar-refractivity contribution in [1.82, 2.24) is 5.32 Å². The molecule has 3 N–H and O–H groups in total. The second-order valence-electron chi connectivity index (χ2n) is 3.81. The molecule has 0 spiro atoms. The molecule has 0 heterocycles. The zero-order valence-corrected chi connectivity index (χ0v) is 13.6. The molecule has 1 amide bonds. The van der Waals surface area contributed by atoms with E-state index in [9.17, 15) is 19.2 Å². The SMILES string of the molecule is [3H][I-]SC(=O)[C@H](C)OC(=O)C[C@H](NC(=O)[C@H](C)O)C(=O)O. The molecule has 0 radical (unpaired) electrons. The number of halogens is 1. The van der Waals surface area contributed by atoms with Crippen LogP contribution in [0.15, 0.2) is 0 Å². The Bertz CT molecular complexity index is 420. The van der Waals surface area contributed by atoms with Crippen LogP contribution in [-0.2, 0) is 23.9 Å². The first-order valence-corrected chi connectivity index (χ1v) is 8.78. The molecule has 0 aromatic heterocycles. The summed E-state index contributed by atoms with van der Waals surface area (Å²) in [4.78, 5) is 45.0. The van der Waals surface area contributed by atoms with Crippen molar-refractivity contribution < 1.29 is 55.1 Å². The van der Waals surface area contributed by atoms with Crippen LogP contribution in [0, 0.1) is 0 Å². The van der Waals surface area contributed by atoms with E-state index in [2.05, 4.69) is 0 Å². The molecule has 0 aromatic carbocycles. The van der Waals surface area contributed by atoms with Crippen molar-refractivity contribution >= 4 is 31.9 Å². The number of rotatable bonds is 8. The van der Waals surface area contributed by atoms with E-state index in [0.717, 1.165) is 15.9 Å². The van der Waals surface area contributed by atoms with Gasteiger partial charge >= 0.3 is 131 Å². The molecule has 3 atom stereocenters. The van der Waals surface area contributed by atoms with Crippen molar-refractivity contribution in [3.8, 4) is 0 Å². The van der Waals surface area contributed by atoms with E-state index in [1.165, 1.54) is 6.92 Å². The van der Waals surface area contributed by atoms with E-state index in [0.29, 0.717) is 0 Å². The van der Waals surface area contributed by atoms with Crippen LogP contribution in [-0.4, -0.2) is 52.0 Å². The number of hydrogen-bond donors (Lipinski definition) is 3. The maximum absolute atomic E-state index is 11.5. The summed E-state index contributed by atoms with van der Waals surface area (Å²) in [5.74, 6) is -3.38. The molecule has 20 heavy (non-hydrogen) atoms. The Morgan fingerprint density at radius 3 is 2.45 bits per heavy atom. The van der Waals surface area contributed by atoms with Crippen LogP contribution >= 0.6 is 8.93 Å². The molecule has 0 aliphatic carbocycles. The van der Waals surface area contributed by atoms with Crippen LogP contribution in [0.5, 0.6) is 0 Å². The van der Waals surface area contributed by atoms with E-state index in [1.807, 2.05) is 5.32 Å². The molecule has 0 aromatic rings. The molecule has 0 bridgehead atoms. The number of aliphatic hydroxyl groups excluding tert-OH is 1. The van der Waals surface area contributed by atoms with Gasteiger partial charge in [-0.1, -0.05) is 0 Å². The Morgan fingerprint density at radius 1 is 1.40 bits per heavy atom. The van der Waals surface area contributed by atoms with Crippen LogP contribution in [0.25, 0.3) is 0 Å². The summed E-state index contributed by atoms with van der Waals surface area (Å²) < 4.78 is 11.7. The summed E-state index contributed by atoms with van der Waals surface area (Å²) >= 11 is -1.09. The number of esters is 1. The van der Waals surface area contributed by atoms with Crippen molar-refractivity contribution in [3.63, 3.8) is 0 Å². The monoisotopic (exact) mass is 422 g/mol. The van der Waals surface area contributed by atoms with Gasteiger partial charge in [-0.25, -0.2) is 0 Å². The average Bonchev–Trinajstić information content (AvgIpc) is 2.37. The number of nitrogens with one attached hydrogen (secondary N) is 1. The molecule has 0 aliphatic rings. The summed E-state index contributed by atoms with van der Waals surface area (Å²) in [6.45, 7) is 2.46. The number of carboxylic acids is 1. The van der Waals surface area contributed by atoms with Crippen molar-refractivity contribution in [1.29, 1.82) is 0.594 Å². The first-order valence-electron chi connectivity index (χ1n) is 5.80. The quantitative estimate of drug-likeness (QED) is 0.265. The fourth-order valence-electron chi connectivity index (χ4n) is 1.02. The Morgan fingerprint density at radius 2 is 2.00 bits per heavy atom. The van der Waals surface area contributed by atoms with Gasteiger partial charge in [-0.2, -0.15) is 0 Å². The van der Waals surface area contributed by atoms with Crippen LogP contribution in [0.3, 0.4) is 0 Å². The predicted molar refractivity (Wildman–Crippen MR) is 65.4 cm³/mol. The van der Waals surface area contributed by atoms with Gasteiger partial charge in [0.05, 0.1) is 0 Å². The topological polar surface area (TPSA) is 130 Å². The number of amides is 1. The van der Waals surface area contributed by atoms with Crippen molar-refractivity contribution in [3.05, 3.63) is 0 Å². The molecule has 0 rings (SSSR count). The van der Waals surface area contributed by atoms with Gasteiger partial charge in [0, 0.05) is 0 Å². The van der Waals surface area contributed by atoms with E-state index in [-0.39, 0.29) is 0 Å². The standard InChI is InChI=1S/C10H15INO7S/c1-4(13)8(15)12-6(9(16)17)3-7(14)19-5(2)10(18)20-11/h4-6,11,13H,3H2,1-2H3,(H,12,15)(H,16,17)/q-1/t4-,5-,6-/m0/s1/i11T. The van der Waals surface area contributed by atoms with Gasteiger partial charge in [0.1, 0.15) is 0 Å². The maximum atomic E-state index is 11.5. The predicted octanol–water partition coefficient (Wildman–Crippen LogP) is -4.28. The van der Waals surface area contributed by atoms with Crippen molar-refractivity contribution in [2.75, 3.05) is 0 Å². The van der Waals surface area contributed by atoms with Crippen LogP contribution < -0.4 is 26.3 Å². The molecule has 0 aliphatic heterocycles. The first-order chi connectivity index (χ1) is 9.68. The summed E-state index contributed by atoms with van der Waals surface area (Å²) in [6.07, 6.45) is -3.18. The Hall–Kier alpha value is -0.880. The van der Waals surface area contributed by atoms with Crippen LogP contribution in [0.4, 0.5) is 0 Å². The second kappa shape index (κ2) is 9.13. The molecule has 0 saturated heterocycles. The number of hydrogen-bond acceptors (Lipinski definition) is 7. The summed E-state index contributed by atoms with van der Waals surface area (Å²) in [5.41, 5.74) is 0. The molecule has 10 heteroatoms. The second-order valence-corrected chi connectivity index (χ2v) is 5.69. The minimum atomic E-state index is -1.56. The number of aliphatic hydroxyl groups is 1. The molecule has 116 valence electrons.